The Kier molecular flexibility index (Phi) is 4.11. The van der Waals surface area contributed by atoms with E-state index in [4.69, 9.17) is 9.84 Å². The molecular weight excluding hydrogens is 194 g/mol. The Labute approximate surface area is 91.0 Å². The first-order chi connectivity index (χ1) is 6.93. The van der Waals surface area contributed by atoms with Gasteiger partial charge in [-0.1, -0.05) is 6.92 Å². The Morgan fingerprint density at radius 1 is 1.40 bits per heavy atom. The highest BCUT2D eigenvalue weighted by molar-refractivity contribution is 5.79. The number of carbonyl (C=O) groups is 1. The minimum Gasteiger partial charge on any atom is -0.392 e. The van der Waals surface area contributed by atoms with Crippen LogP contribution in [0.1, 0.15) is 27.7 Å². The Balaban J connectivity index is 2.51. The molecule has 2 N–H and O–H groups in total. The Morgan fingerprint density at radius 3 is 2.40 bits per heavy atom. The van der Waals surface area contributed by atoms with Gasteiger partial charge in [0.25, 0.3) is 0 Å². The van der Waals surface area contributed by atoms with Crippen LogP contribution in [0.3, 0.4) is 0 Å². The summed E-state index contributed by atoms with van der Waals surface area (Å²) in [5.41, 5.74) is 0. The van der Waals surface area contributed by atoms with E-state index >= 15 is 0 Å². The maximum absolute atomic E-state index is 11.8. The Bertz CT molecular complexity index is 230. The van der Waals surface area contributed by atoms with E-state index in [1.165, 1.54) is 0 Å². The lowest BCUT2D eigenvalue weighted by Gasteiger charge is -2.18. The third-order valence-electron chi connectivity index (χ3n) is 3.12. The molecule has 4 nitrogen and oxygen atoms in total. The molecule has 1 aliphatic rings. The fourth-order valence-corrected chi connectivity index (χ4v) is 2.08. The molecule has 1 saturated heterocycles. The zero-order valence-electron chi connectivity index (χ0n) is 9.86. The first-order valence-corrected chi connectivity index (χ1v) is 5.54. The molecule has 0 aromatic heterocycles. The van der Waals surface area contributed by atoms with Gasteiger partial charge >= 0.3 is 0 Å². The van der Waals surface area contributed by atoms with Crippen LogP contribution in [-0.2, 0) is 9.53 Å². The first-order valence-electron chi connectivity index (χ1n) is 5.54. The largest absolute Gasteiger partial charge is 0.392 e. The van der Waals surface area contributed by atoms with Crippen LogP contribution in [0, 0.1) is 11.8 Å². The summed E-state index contributed by atoms with van der Waals surface area (Å²) in [6, 6.07) is 0. The van der Waals surface area contributed by atoms with Crippen molar-refractivity contribution < 1.29 is 14.6 Å². The van der Waals surface area contributed by atoms with Gasteiger partial charge in [-0.15, -0.1) is 0 Å². The van der Waals surface area contributed by atoms with E-state index in [1.54, 1.807) is 6.92 Å². The summed E-state index contributed by atoms with van der Waals surface area (Å²) in [5, 5.41) is 11.8. The maximum Gasteiger partial charge on any atom is 0.226 e. The lowest BCUT2D eigenvalue weighted by Crippen LogP contribution is -2.40. The molecule has 0 aromatic rings. The van der Waals surface area contributed by atoms with Gasteiger partial charge in [-0.2, -0.15) is 0 Å². The van der Waals surface area contributed by atoms with Crippen molar-refractivity contribution in [1.29, 1.82) is 0 Å². The lowest BCUT2D eigenvalue weighted by atomic mass is 9.89. The van der Waals surface area contributed by atoms with Gasteiger partial charge in [0.2, 0.25) is 5.91 Å². The number of nitrogens with one attached hydrogen (secondary N) is 1. The van der Waals surface area contributed by atoms with Crippen LogP contribution in [0.15, 0.2) is 0 Å². The minimum atomic E-state index is -0.501. The highest BCUT2D eigenvalue weighted by Crippen LogP contribution is 2.32. The van der Waals surface area contributed by atoms with E-state index in [1.807, 2.05) is 20.8 Å². The molecule has 1 amide bonds. The first kappa shape index (κ1) is 12.5. The van der Waals surface area contributed by atoms with E-state index in [-0.39, 0.29) is 30.0 Å². The third kappa shape index (κ3) is 2.92. The second kappa shape index (κ2) is 4.94. The van der Waals surface area contributed by atoms with Crippen molar-refractivity contribution in [2.45, 2.75) is 46.0 Å². The number of aliphatic hydroxyl groups is 1. The van der Waals surface area contributed by atoms with Crippen LogP contribution < -0.4 is 5.32 Å². The molecule has 4 heteroatoms. The number of rotatable bonds is 3. The van der Waals surface area contributed by atoms with Gasteiger partial charge in [-0.05, 0) is 26.7 Å². The summed E-state index contributed by atoms with van der Waals surface area (Å²) in [5.74, 6) is 0.119. The average molecular weight is 215 g/mol. The highest BCUT2D eigenvalue weighted by Gasteiger charge is 2.41. The second-order valence-corrected chi connectivity index (χ2v) is 4.53. The van der Waals surface area contributed by atoms with Crippen LogP contribution in [0.25, 0.3) is 0 Å². The number of aliphatic hydroxyl groups excluding tert-OH is 1. The summed E-state index contributed by atoms with van der Waals surface area (Å²) >= 11 is 0. The molecule has 0 saturated carbocycles. The van der Waals surface area contributed by atoms with Gasteiger partial charge in [-0.25, -0.2) is 0 Å². The van der Waals surface area contributed by atoms with Crippen molar-refractivity contribution in [3.63, 3.8) is 0 Å². The van der Waals surface area contributed by atoms with E-state index in [9.17, 15) is 4.79 Å². The standard InChI is InChI=1S/C11H21NO3/c1-6(13)5-12-11(14)10-7(2)8(3)15-9(10)4/h6-10,13H,5H2,1-4H3,(H,12,14)/t6-,7?,8?,9?,10?/m1/s1. The molecule has 0 aliphatic carbocycles. The lowest BCUT2D eigenvalue weighted by molar-refractivity contribution is -0.127. The summed E-state index contributed by atoms with van der Waals surface area (Å²) in [7, 11) is 0. The van der Waals surface area contributed by atoms with Crippen LogP contribution in [0.4, 0.5) is 0 Å². The monoisotopic (exact) mass is 215 g/mol. The number of carbonyl (C=O) groups excluding carboxylic acids is 1. The SMILES string of the molecule is CC1OC(C)C(C(=O)NC[C@@H](C)O)C1C. The third-order valence-corrected chi connectivity index (χ3v) is 3.12. The zero-order chi connectivity index (χ0) is 11.6. The second-order valence-electron chi connectivity index (χ2n) is 4.53. The summed E-state index contributed by atoms with van der Waals surface area (Å²) in [6.45, 7) is 7.90. The number of amides is 1. The Hall–Kier alpha value is -0.610. The van der Waals surface area contributed by atoms with Crippen molar-refractivity contribution in [1.82, 2.24) is 5.32 Å². The molecular formula is C11H21NO3. The fraction of sp³-hybridized carbons (Fsp3) is 0.909. The van der Waals surface area contributed by atoms with E-state index in [0.29, 0.717) is 6.54 Å². The minimum absolute atomic E-state index is 0.0137. The van der Waals surface area contributed by atoms with Crippen LogP contribution >= 0.6 is 0 Å². The van der Waals surface area contributed by atoms with E-state index in [0.717, 1.165) is 0 Å². The molecule has 0 bridgehead atoms. The van der Waals surface area contributed by atoms with Gasteiger partial charge in [0.15, 0.2) is 0 Å². The molecule has 4 unspecified atom stereocenters. The van der Waals surface area contributed by atoms with Gasteiger partial charge in [0, 0.05) is 6.54 Å². The quantitative estimate of drug-likeness (QED) is 0.722. The zero-order valence-corrected chi connectivity index (χ0v) is 9.86. The van der Waals surface area contributed by atoms with Gasteiger partial charge in [0.1, 0.15) is 0 Å². The molecule has 15 heavy (non-hydrogen) atoms. The highest BCUT2D eigenvalue weighted by atomic mass is 16.5. The van der Waals surface area contributed by atoms with Crippen molar-refractivity contribution in [2.24, 2.45) is 11.8 Å². The molecule has 1 aliphatic heterocycles. The maximum atomic E-state index is 11.8. The van der Waals surface area contributed by atoms with Crippen molar-refractivity contribution in [2.75, 3.05) is 6.54 Å². The van der Waals surface area contributed by atoms with E-state index < -0.39 is 6.10 Å². The smallest absolute Gasteiger partial charge is 0.226 e. The van der Waals surface area contributed by atoms with E-state index in [2.05, 4.69) is 5.32 Å². The number of ether oxygens (including phenoxy) is 1. The molecule has 1 heterocycles. The summed E-state index contributed by atoms with van der Waals surface area (Å²) in [4.78, 5) is 11.8. The molecule has 0 aromatic carbocycles. The molecule has 1 rings (SSSR count). The molecule has 1 fully saturated rings. The predicted octanol–water partition coefficient (Wildman–Crippen LogP) is 0.543. The average Bonchev–Trinajstić information content (AvgIpc) is 2.37. The fourth-order valence-electron chi connectivity index (χ4n) is 2.08. The number of hydrogen-bond donors (Lipinski definition) is 2. The van der Waals surface area contributed by atoms with Crippen molar-refractivity contribution in [3.05, 3.63) is 0 Å². The number of hydrogen-bond acceptors (Lipinski definition) is 3. The molecule has 0 spiro atoms. The van der Waals surface area contributed by atoms with Crippen LogP contribution in [0.2, 0.25) is 0 Å². The van der Waals surface area contributed by atoms with Crippen LogP contribution in [-0.4, -0.2) is 35.9 Å². The van der Waals surface area contributed by atoms with Gasteiger partial charge < -0.3 is 15.2 Å². The predicted molar refractivity (Wildman–Crippen MR) is 57.4 cm³/mol. The molecule has 5 atom stereocenters. The Morgan fingerprint density at radius 2 is 2.00 bits per heavy atom. The summed E-state index contributed by atoms with van der Waals surface area (Å²) < 4.78 is 5.59. The molecule has 0 radical (unpaired) electrons. The van der Waals surface area contributed by atoms with Crippen molar-refractivity contribution >= 4 is 5.91 Å². The summed E-state index contributed by atoms with van der Waals surface area (Å²) in [6.07, 6.45) is -0.411. The van der Waals surface area contributed by atoms with Crippen LogP contribution in [0.5, 0.6) is 0 Å². The molecule has 88 valence electrons. The van der Waals surface area contributed by atoms with Crippen molar-refractivity contribution in [3.8, 4) is 0 Å². The van der Waals surface area contributed by atoms with Gasteiger partial charge in [0.05, 0.1) is 24.2 Å². The normalized spacial score (nSPS) is 37.7. The topological polar surface area (TPSA) is 58.6 Å². The van der Waals surface area contributed by atoms with Gasteiger partial charge in [-0.3, -0.25) is 4.79 Å².